The van der Waals surface area contributed by atoms with E-state index in [1.165, 1.54) is 12.8 Å². The summed E-state index contributed by atoms with van der Waals surface area (Å²) in [7, 11) is 0. The molecular formula is C5H15Cl3N2. The van der Waals surface area contributed by atoms with Gasteiger partial charge in [-0.15, -0.1) is 37.2 Å². The van der Waals surface area contributed by atoms with Gasteiger partial charge in [-0.2, -0.15) is 0 Å². The quantitative estimate of drug-likeness (QED) is 0.624. The van der Waals surface area contributed by atoms with Gasteiger partial charge in [-0.1, -0.05) is 0 Å². The van der Waals surface area contributed by atoms with Crippen LogP contribution in [0.1, 0.15) is 12.8 Å². The van der Waals surface area contributed by atoms with Crippen molar-refractivity contribution < 1.29 is 0 Å². The van der Waals surface area contributed by atoms with E-state index in [9.17, 15) is 0 Å². The highest BCUT2D eigenvalue weighted by Crippen LogP contribution is 1.96. The van der Waals surface area contributed by atoms with E-state index < -0.39 is 0 Å². The summed E-state index contributed by atoms with van der Waals surface area (Å²) in [6.45, 7) is 2.17. The summed E-state index contributed by atoms with van der Waals surface area (Å²) in [5.41, 5.74) is 5.57. The summed E-state index contributed by atoms with van der Waals surface area (Å²) < 4.78 is 0. The van der Waals surface area contributed by atoms with Gasteiger partial charge in [-0.05, 0) is 19.4 Å². The van der Waals surface area contributed by atoms with Gasteiger partial charge >= 0.3 is 0 Å². The zero-order chi connectivity index (χ0) is 5.11. The summed E-state index contributed by atoms with van der Waals surface area (Å²) in [6, 6.07) is 0.425. The number of nitrogens with one attached hydrogen (secondary N) is 1. The standard InChI is InChI=1S/C5H12N2.3ClH/c6-5-2-1-3-7-4-5;;;/h5,7H,1-4,6H2;3*1H. The molecule has 1 heterocycles. The molecule has 1 fully saturated rings. The fourth-order valence-corrected chi connectivity index (χ4v) is 0.879. The van der Waals surface area contributed by atoms with Gasteiger partial charge in [0.05, 0.1) is 0 Å². The average molecular weight is 210 g/mol. The van der Waals surface area contributed by atoms with Gasteiger partial charge < -0.3 is 11.1 Å². The van der Waals surface area contributed by atoms with Gasteiger partial charge in [-0.25, -0.2) is 0 Å². The molecule has 66 valence electrons. The maximum absolute atomic E-state index is 5.57. The molecule has 1 saturated heterocycles. The lowest BCUT2D eigenvalue weighted by atomic mass is 10.1. The molecule has 0 amide bonds. The van der Waals surface area contributed by atoms with Crippen molar-refractivity contribution in [3.63, 3.8) is 0 Å². The summed E-state index contributed by atoms with van der Waals surface area (Å²) in [6.07, 6.45) is 2.45. The van der Waals surface area contributed by atoms with E-state index in [1.807, 2.05) is 0 Å². The van der Waals surface area contributed by atoms with Crippen molar-refractivity contribution in [1.29, 1.82) is 0 Å². The first-order valence-corrected chi connectivity index (χ1v) is 2.86. The summed E-state index contributed by atoms with van der Waals surface area (Å²) >= 11 is 0. The Labute approximate surface area is 80.5 Å². The van der Waals surface area contributed by atoms with E-state index >= 15 is 0 Å². The molecule has 1 atom stereocenters. The second kappa shape index (κ2) is 9.79. The third-order valence-electron chi connectivity index (χ3n) is 1.33. The van der Waals surface area contributed by atoms with Gasteiger partial charge in [0.2, 0.25) is 0 Å². The Morgan fingerprint density at radius 1 is 1.20 bits per heavy atom. The van der Waals surface area contributed by atoms with E-state index in [1.54, 1.807) is 0 Å². The van der Waals surface area contributed by atoms with Crippen LogP contribution in [-0.4, -0.2) is 19.1 Å². The minimum Gasteiger partial charge on any atom is -0.327 e. The zero-order valence-corrected chi connectivity index (χ0v) is 8.16. The number of nitrogens with two attached hydrogens (primary N) is 1. The fraction of sp³-hybridized carbons (Fsp3) is 1.00. The molecule has 10 heavy (non-hydrogen) atoms. The third-order valence-corrected chi connectivity index (χ3v) is 1.33. The van der Waals surface area contributed by atoms with Crippen LogP contribution < -0.4 is 11.1 Å². The molecule has 0 aliphatic carbocycles. The Kier molecular flexibility index (Phi) is 16.7. The first kappa shape index (κ1) is 17.0. The molecule has 1 rings (SSSR count). The predicted octanol–water partition coefficient (Wildman–Crippen LogP) is 0.963. The zero-order valence-electron chi connectivity index (χ0n) is 5.71. The lowest BCUT2D eigenvalue weighted by molar-refractivity contribution is 0.459. The Morgan fingerprint density at radius 2 is 1.80 bits per heavy atom. The predicted molar refractivity (Wildman–Crippen MR) is 51.8 cm³/mol. The lowest BCUT2D eigenvalue weighted by Gasteiger charge is -2.17. The van der Waals surface area contributed by atoms with E-state index in [-0.39, 0.29) is 37.2 Å². The van der Waals surface area contributed by atoms with Gasteiger partial charge in [0, 0.05) is 12.6 Å². The monoisotopic (exact) mass is 208 g/mol. The topological polar surface area (TPSA) is 38.0 Å². The molecule has 0 aromatic heterocycles. The van der Waals surface area contributed by atoms with E-state index in [2.05, 4.69) is 5.32 Å². The van der Waals surface area contributed by atoms with Crippen molar-refractivity contribution in [3.8, 4) is 0 Å². The molecule has 0 saturated carbocycles. The minimum absolute atomic E-state index is 0. The second-order valence-electron chi connectivity index (χ2n) is 2.11. The molecule has 1 unspecified atom stereocenters. The molecule has 0 bridgehead atoms. The van der Waals surface area contributed by atoms with Crippen LogP contribution >= 0.6 is 37.2 Å². The molecule has 0 aromatic rings. The second-order valence-corrected chi connectivity index (χ2v) is 2.11. The molecule has 0 radical (unpaired) electrons. The van der Waals surface area contributed by atoms with Crippen LogP contribution in [0.5, 0.6) is 0 Å². The van der Waals surface area contributed by atoms with Crippen LogP contribution in [0.4, 0.5) is 0 Å². The summed E-state index contributed by atoms with van der Waals surface area (Å²) in [5.74, 6) is 0. The molecule has 0 spiro atoms. The Bertz CT molecular complexity index is 56.9. The van der Waals surface area contributed by atoms with Gasteiger partial charge in [0.25, 0.3) is 0 Å². The molecule has 3 N–H and O–H groups in total. The molecule has 5 heteroatoms. The maximum atomic E-state index is 5.57. The van der Waals surface area contributed by atoms with E-state index in [0.717, 1.165) is 13.1 Å². The van der Waals surface area contributed by atoms with Gasteiger partial charge in [-0.3, -0.25) is 0 Å². The number of halogens is 3. The molecule has 1 aliphatic heterocycles. The lowest BCUT2D eigenvalue weighted by Crippen LogP contribution is -2.39. The van der Waals surface area contributed by atoms with Crippen LogP contribution in [-0.2, 0) is 0 Å². The number of rotatable bonds is 0. The smallest absolute Gasteiger partial charge is 0.0165 e. The van der Waals surface area contributed by atoms with Crippen molar-refractivity contribution in [2.75, 3.05) is 13.1 Å². The minimum atomic E-state index is 0. The van der Waals surface area contributed by atoms with Crippen molar-refractivity contribution in [2.45, 2.75) is 18.9 Å². The molecule has 2 nitrogen and oxygen atoms in total. The molecule has 0 aromatic carbocycles. The fourth-order valence-electron chi connectivity index (χ4n) is 0.879. The van der Waals surface area contributed by atoms with Crippen LogP contribution in [0, 0.1) is 0 Å². The van der Waals surface area contributed by atoms with E-state index in [0.29, 0.717) is 6.04 Å². The van der Waals surface area contributed by atoms with Crippen molar-refractivity contribution in [1.82, 2.24) is 5.32 Å². The normalized spacial score (nSPS) is 23.1. The number of hydrogen-bond acceptors (Lipinski definition) is 2. The molecule has 1 aliphatic rings. The van der Waals surface area contributed by atoms with Crippen molar-refractivity contribution >= 4 is 37.2 Å². The highest BCUT2D eigenvalue weighted by molar-refractivity contribution is 5.86. The van der Waals surface area contributed by atoms with Crippen LogP contribution in [0.3, 0.4) is 0 Å². The van der Waals surface area contributed by atoms with Crippen molar-refractivity contribution in [2.24, 2.45) is 5.73 Å². The van der Waals surface area contributed by atoms with Gasteiger partial charge in [0.1, 0.15) is 0 Å². The van der Waals surface area contributed by atoms with E-state index in [4.69, 9.17) is 5.73 Å². The number of piperidine rings is 1. The Morgan fingerprint density at radius 3 is 2.00 bits per heavy atom. The third kappa shape index (κ3) is 6.90. The van der Waals surface area contributed by atoms with Crippen LogP contribution in [0.25, 0.3) is 0 Å². The summed E-state index contributed by atoms with van der Waals surface area (Å²) in [5, 5.41) is 3.21. The maximum Gasteiger partial charge on any atom is 0.0165 e. The Balaban J connectivity index is -0.000000163. The highest BCUT2D eigenvalue weighted by atomic mass is 35.5. The van der Waals surface area contributed by atoms with Crippen LogP contribution in [0.2, 0.25) is 0 Å². The average Bonchev–Trinajstić information content (AvgIpc) is 1.69. The Hall–Kier alpha value is 0.790. The van der Waals surface area contributed by atoms with Crippen LogP contribution in [0.15, 0.2) is 0 Å². The first-order valence-electron chi connectivity index (χ1n) is 2.86. The SMILES string of the molecule is Cl.Cl.Cl.NC1CCCNC1. The largest absolute Gasteiger partial charge is 0.327 e. The van der Waals surface area contributed by atoms with Crippen molar-refractivity contribution in [3.05, 3.63) is 0 Å². The highest BCUT2D eigenvalue weighted by Gasteiger charge is 2.05. The van der Waals surface area contributed by atoms with Gasteiger partial charge in [0.15, 0.2) is 0 Å². The first-order chi connectivity index (χ1) is 3.39. The molecular weight excluding hydrogens is 194 g/mol. The summed E-state index contributed by atoms with van der Waals surface area (Å²) in [4.78, 5) is 0. The number of hydrogen-bond donors (Lipinski definition) is 2.